The van der Waals surface area contributed by atoms with Crippen molar-refractivity contribution in [3.05, 3.63) is 43.3 Å². The summed E-state index contributed by atoms with van der Waals surface area (Å²) in [7, 11) is 0. The summed E-state index contributed by atoms with van der Waals surface area (Å²) in [5.41, 5.74) is 1.13. The van der Waals surface area contributed by atoms with E-state index in [0.29, 0.717) is 41.7 Å². The number of fused-ring (bicyclic) bond motifs is 3. The lowest BCUT2D eigenvalue weighted by atomic mass is 10.1. The number of furan rings is 1. The van der Waals surface area contributed by atoms with Gasteiger partial charge in [-0.05, 0) is 6.07 Å². The fourth-order valence-corrected chi connectivity index (χ4v) is 2.84. The molecule has 1 nitrogen and oxygen atoms in total. The van der Waals surface area contributed by atoms with E-state index in [-0.39, 0.29) is 0 Å². The molecule has 0 atom stereocenters. The molecule has 18 heavy (non-hydrogen) atoms. The van der Waals surface area contributed by atoms with Gasteiger partial charge in [0.2, 0.25) is 0 Å². The summed E-state index contributed by atoms with van der Waals surface area (Å²) in [6.45, 7) is 0. The molecule has 0 aliphatic carbocycles. The molecule has 0 fully saturated rings. The predicted molar refractivity (Wildman–Crippen MR) is 78.8 cm³/mol. The number of rotatable bonds is 0. The minimum absolute atomic E-state index is 0.291. The Morgan fingerprint density at radius 1 is 0.667 bits per heavy atom. The highest BCUT2D eigenvalue weighted by Gasteiger charge is 2.17. The second-order valence-electron chi connectivity index (χ2n) is 3.72. The predicted octanol–water partition coefficient (Wildman–Crippen LogP) is 6.85. The van der Waals surface area contributed by atoms with Crippen LogP contribution in [0.25, 0.3) is 21.9 Å². The topological polar surface area (TPSA) is 13.1 Å². The van der Waals surface area contributed by atoms with Crippen LogP contribution in [0, 0.1) is 0 Å². The van der Waals surface area contributed by atoms with E-state index in [2.05, 4.69) is 0 Å². The van der Waals surface area contributed by atoms with Gasteiger partial charge in [-0.3, -0.25) is 0 Å². The highest BCUT2D eigenvalue weighted by atomic mass is 35.5. The largest absolute Gasteiger partial charge is 0.456 e. The molecule has 1 aromatic heterocycles. The van der Waals surface area contributed by atoms with Crippen LogP contribution in [0.4, 0.5) is 0 Å². The van der Waals surface area contributed by atoms with Crippen molar-refractivity contribution in [3.63, 3.8) is 0 Å². The molecule has 0 N–H and O–H groups in total. The second kappa shape index (κ2) is 4.36. The van der Waals surface area contributed by atoms with Gasteiger partial charge in [0.15, 0.2) is 0 Å². The Kier molecular flexibility index (Phi) is 3.08. The standard InChI is InChI=1S/C12H3Cl5O/c13-5-1-4-8(2-6(5)14)18-9-3-7(15)11(16)12(17)10(4)9/h1-3H. The fraction of sp³-hybridized carbons (Fsp3) is 0. The van der Waals surface area contributed by atoms with Crippen LogP contribution in [0.15, 0.2) is 22.6 Å². The summed E-state index contributed by atoms with van der Waals surface area (Å²) in [5, 5.41) is 3.24. The van der Waals surface area contributed by atoms with Crippen molar-refractivity contribution in [3.8, 4) is 0 Å². The van der Waals surface area contributed by atoms with Crippen LogP contribution in [0.2, 0.25) is 25.1 Å². The molecule has 92 valence electrons. The fourth-order valence-electron chi connectivity index (χ4n) is 1.83. The molecule has 0 aliphatic heterocycles. The lowest BCUT2D eigenvalue weighted by Gasteiger charge is -2.00. The van der Waals surface area contributed by atoms with Gasteiger partial charge in [-0.15, -0.1) is 0 Å². The van der Waals surface area contributed by atoms with E-state index in [9.17, 15) is 0 Å². The van der Waals surface area contributed by atoms with E-state index in [1.807, 2.05) is 0 Å². The van der Waals surface area contributed by atoms with E-state index < -0.39 is 0 Å². The first-order valence-electron chi connectivity index (χ1n) is 4.84. The van der Waals surface area contributed by atoms with Gasteiger partial charge < -0.3 is 4.42 Å². The number of halogens is 5. The Morgan fingerprint density at radius 3 is 2.00 bits per heavy atom. The van der Waals surface area contributed by atoms with E-state index in [4.69, 9.17) is 62.4 Å². The maximum absolute atomic E-state index is 6.19. The Bertz CT molecular complexity index is 790. The molecule has 0 radical (unpaired) electrons. The number of benzene rings is 2. The zero-order valence-electron chi connectivity index (χ0n) is 8.53. The van der Waals surface area contributed by atoms with E-state index in [1.165, 1.54) is 0 Å². The van der Waals surface area contributed by atoms with E-state index in [0.717, 1.165) is 5.39 Å². The Hall–Kier alpha value is -0.310. The third-order valence-electron chi connectivity index (χ3n) is 2.64. The van der Waals surface area contributed by atoms with Gasteiger partial charge in [0.1, 0.15) is 11.2 Å². The maximum atomic E-state index is 6.19. The lowest BCUT2D eigenvalue weighted by Crippen LogP contribution is -1.75. The highest BCUT2D eigenvalue weighted by molar-refractivity contribution is 6.51. The molecule has 6 heteroatoms. The van der Waals surface area contributed by atoms with Crippen LogP contribution in [-0.2, 0) is 0 Å². The molecular formula is C12H3Cl5O. The maximum Gasteiger partial charge on any atom is 0.138 e. The highest BCUT2D eigenvalue weighted by Crippen LogP contribution is 2.43. The second-order valence-corrected chi connectivity index (χ2v) is 5.70. The Labute approximate surface area is 127 Å². The average Bonchev–Trinajstić information content (AvgIpc) is 2.64. The molecule has 0 aliphatic rings. The average molecular weight is 340 g/mol. The smallest absolute Gasteiger partial charge is 0.138 e. The van der Waals surface area contributed by atoms with Gasteiger partial charge in [-0.25, -0.2) is 0 Å². The molecule has 0 spiro atoms. The van der Waals surface area contributed by atoms with Crippen LogP contribution in [0.3, 0.4) is 0 Å². The van der Waals surface area contributed by atoms with Crippen LogP contribution in [0.1, 0.15) is 0 Å². The number of hydrogen-bond acceptors (Lipinski definition) is 1. The summed E-state index contributed by atoms with van der Waals surface area (Å²) in [6, 6.07) is 4.95. The van der Waals surface area contributed by atoms with Crippen molar-refractivity contribution in [2.45, 2.75) is 0 Å². The van der Waals surface area contributed by atoms with Crippen molar-refractivity contribution < 1.29 is 4.42 Å². The van der Waals surface area contributed by atoms with Gasteiger partial charge in [0.05, 0.1) is 25.1 Å². The molecule has 0 saturated carbocycles. The van der Waals surface area contributed by atoms with Crippen LogP contribution >= 0.6 is 58.0 Å². The minimum Gasteiger partial charge on any atom is -0.456 e. The molecule has 0 unspecified atom stereocenters. The normalized spacial score (nSPS) is 11.6. The van der Waals surface area contributed by atoms with Gasteiger partial charge in [0, 0.05) is 22.9 Å². The quantitative estimate of drug-likeness (QED) is 0.408. The molecule has 3 aromatic rings. The first-order chi connectivity index (χ1) is 8.49. The Morgan fingerprint density at radius 2 is 1.28 bits per heavy atom. The first kappa shape index (κ1) is 12.7. The lowest BCUT2D eigenvalue weighted by molar-refractivity contribution is 0.669. The summed E-state index contributed by atoms with van der Waals surface area (Å²) >= 11 is 30.1. The van der Waals surface area contributed by atoms with Crippen LogP contribution in [0.5, 0.6) is 0 Å². The zero-order chi connectivity index (χ0) is 13.0. The molecule has 0 bridgehead atoms. The summed E-state index contributed by atoms with van der Waals surface area (Å²) in [6.07, 6.45) is 0. The van der Waals surface area contributed by atoms with Gasteiger partial charge in [-0.1, -0.05) is 58.0 Å². The van der Waals surface area contributed by atoms with Gasteiger partial charge >= 0.3 is 0 Å². The monoisotopic (exact) mass is 338 g/mol. The van der Waals surface area contributed by atoms with Crippen molar-refractivity contribution in [1.29, 1.82) is 0 Å². The molecule has 0 amide bonds. The number of hydrogen-bond donors (Lipinski definition) is 0. The van der Waals surface area contributed by atoms with Crippen molar-refractivity contribution in [2.24, 2.45) is 0 Å². The first-order valence-corrected chi connectivity index (χ1v) is 6.73. The van der Waals surface area contributed by atoms with Crippen LogP contribution < -0.4 is 0 Å². The van der Waals surface area contributed by atoms with E-state index in [1.54, 1.807) is 18.2 Å². The summed E-state index contributed by atoms with van der Waals surface area (Å²) in [4.78, 5) is 0. The third-order valence-corrected chi connectivity index (χ3v) is 4.62. The molecular weight excluding hydrogens is 337 g/mol. The van der Waals surface area contributed by atoms with Gasteiger partial charge in [-0.2, -0.15) is 0 Å². The minimum atomic E-state index is 0.291. The summed E-state index contributed by atoms with van der Waals surface area (Å²) in [5.74, 6) is 0. The zero-order valence-corrected chi connectivity index (χ0v) is 12.3. The van der Waals surface area contributed by atoms with Crippen molar-refractivity contribution in [1.82, 2.24) is 0 Å². The third kappa shape index (κ3) is 1.77. The van der Waals surface area contributed by atoms with E-state index >= 15 is 0 Å². The van der Waals surface area contributed by atoms with Crippen molar-refractivity contribution in [2.75, 3.05) is 0 Å². The molecule has 2 aromatic carbocycles. The van der Waals surface area contributed by atoms with Crippen molar-refractivity contribution >= 4 is 79.9 Å². The summed E-state index contributed by atoms with van der Waals surface area (Å²) < 4.78 is 5.63. The Balaban J connectivity index is 2.57. The van der Waals surface area contributed by atoms with Gasteiger partial charge in [0.25, 0.3) is 0 Å². The molecule has 3 rings (SSSR count). The molecule has 1 heterocycles. The van der Waals surface area contributed by atoms with Crippen LogP contribution in [-0.4, -0.2) is 0 Å². The SMILES string of the molecule is Clc1cc2oc3cc(Cl)c(Cl)c(Cl)c3c2cc1Cl. The molecule has 0 saturated heterocycles.